The van der Waals surface area contributed by atoms with Crippen molar-refractivity contribution in [3.8, 4) is 17.0 Å². The highest BCUT2D eigenvalue weighted by molar-refractivity contribution is 5.61. The lowest BCUT2D eigenvalue weighted by atomic mass is 10.0. The molecule has 3 aromatic rings. The Labute approximate surface area is 172 Å². The van der Waals surface area contributed by atoms with Gasteiger partial charge in [-0.25, -0.2) is 0 Å². The maximum Gasteiger partial charge on any atom is 0.151 e. The van der Waals surface area contributed by atoms with Gasteiger partial charge in [0.05, 0.1) is 13.7 Å². The van der Waals surface area contributed by atoms with Gasteiger partial charge in [0.2, 0.25) is 0 Å². The van der Waals surface area contributed by atoms with Gasteiger partial charge < -0.3 is 19.5 Å². The molecule has 4 rings (SSSR count). The van der Waals surface area contributed by atoms with Gasteiger partial charge in [-0.15, -0.1) is 0 Å². The van der Waals surface area contributed by atoms with E-state index in [-0.39, 0.29) is 0 Å². The number of aromatic nitrogens is 1. The molecule has 1 aromatic heterocycles. The van der Waals surface area contributed by atoms with Crippen LogP contribution >= 0.6 is 0 Å². The first kappa shape index (κ1) is 19.5. The highest BCUT2D eigenvalue weighted by Gasteiger charge is 2.21. The Hall–Kier alpha value is -2.79. The normalized spacial score (nSPS) is 14.9. The largest absolute Gasteiger partial charge is 0.497 e. The van der Waals surface area contributed by atoms with Gasteiger partial charge in [0, 0.05) is 36.4 Å². The van der Waals surface area contributed by atoms with Crippen molar-refractivity contribution < 1.29 is 9.26 Å². The number of benzene rings is 2. The summed E-state index contributed by atoms with van der Waals surface area (Å²) in [7, 11) is 1.67. The third-order valence-corrected chi connectivity index (χ3v) is 5.90. The number of nitrogens with one attached hydrogen (secondary N) is 1. The lowest BCUT2D eigenvalue weighted by Gasteiger charge is -2.35. The second-order valence-electron chi connectivity index (χ2n) is 7.77. The molecule has 1 fully saturated rings. The molecule has 2 heterocycles. The Morgan fingerprint density at radius 3 is 2.69 bits per heavy atom. The Kier molecular flexibility index (Phi) is 5.86. The van der Waals surface area contributed by atoms with Crippen molar-refractivity contribution in [3.05, 3.63) is 65.4 Å². The quantitative estimate of drug-likeness (QED) is 0.659. The van der Waals surface area contributed by atoms with Gasteiger partial charge in [0.25, 0.3) is 0 Å². The summed E-state index contributed by atoms with van der Waals surface area (Å²) in [4.78, 5) is 2.51. The average Bonchev–Trinajstić information content (AvgIpc) is 3.24. The molecule has 0 spiro atoms. The second kappa shape index (κ2) is 8.70. The highest BCUT2D eigenvalue weighted by Crippen LogP contribution is 2.26. The highest BCUT2D eigenvalue weighted by atomic mass is 16.5. The fourth-order valence-corrected chi connectivity index (χ4v) is 3.96. The van der Waals surface area contributed by atoms with Crippen molar-refractivity contribution in [2.45, 2.75) is 39.3 Å². The van der Waals surface area contributed by atoms with Crippen LogP contribution in [0.4, 0.5) is 5.69 Å². The van der Waals surface area contributed by atoms with Gasteiger partial charge >= 0.3 is 0 Å². The van der Waals surface area contributed by atoms with Crippen LogP contribution in [0.2, 0.25) is 0 Å². The van der Waals surface area contributed by atoms with Crippen molar-refractivity contribution >= 4 is 5.69 Å². The molecule has 5 heteroatoms. The minimum atomic E-state index is 0.502. The smallest absolute Gasteiger partial charge is 0.151 e. The van der Waals surface area contributed by atoms with E-state index in [9.17, 15) is 0 Å². The van der Waals surface area contributed by atoms with Crippen LogP contribution in [0.1, 0.15) is 29.7 Å². The Bertz CT molecular complexity index is 958. The summed E-state index contributed by atoms with van der Waals surface area (Å²) in [5.74, 6) is 1.68. The molecule has 1 saturated heterocycles. The van der Waals surface area contributed by atoms with Crippen LogP contribution in [0.25, 0.3) is 11.3 Å². The molecule has 1 N–H and O–H groups in total. The van der Waals surface area contributed by atoms with Gasteiger partial charge in [0.15, 0.2) is 5.76 Å². The molecule has 1 aliphatic heterocycles. The monoisotopic (exact) mass is 391 g/mol. The van der Waals surface area contributed by atoms with Crippen LogP contribution in [0.5, 0.6) is 5.75 Å². The lowest BCUT2D eigenvalue weighted by Crippen LogP contribution is -2.42. The number of aryl methyl sites for hydroxylation is 1. The summed E-state index contributed by atoms with van der Waals surface area (Å²) in [6, 6.07) is 17.0. The first-order chi connectivity index (χ1) is 14.1. The average molecular weight is 392 g/mol. The number of methoxy groups -OCH3 is 1. The number of ether oxygens (including phenoxy) is 1. The summed E-state index contributed by atoms with van der Waals surface area (Å²) in [5.41, 5.74) is 5.97. The zero-order chi connectivity index (χ0) is 20.2. The number of rotatable bonds is 6. The molecule has 0 saturated carbocycles. The van der Waals surface area contributed by atoms with E-state index >= 15 is 0 Å². The van der Waals surface area contributed by atoms with E-state index < -0.39 is 0 Å². The van der Waals surface area contributed by atoms with E-state index in [1.807, 2.05) is 30.3 Å². The molecular formula is C24H29N3O2. The van der Waals surface area contributed by atoms with Crippen molar-refractivity contribution in [2.75, 3.05) is 25.1 Å². The van der Waals surface area contributed by atoms with E-state index in [0.717, 1.165) is 48.7 Å². The van der Waals surface area contributed by atoms with Crippen LogP contribution in [-0.2, 0) is 6.54 Å². The van der Waals surface area contributed by atoms with Crippen molar-refractivity contribution in [1.82, 2.24) is 10.5 Å². The first-order valence-electron chi connectivity index (χ1n) is 10.3. The van der Waals surface area contributed by atoms with Crippen molar-refractivity contribution in [1.29, 1.82) is 0 Å². The van der Waals surface area contributed by atoms with Crippen LogP contribution in [0, 0.1) is 13.8 Å². The van der Waals surface area contributed by atoms with Crippen molar-refractivity contribution in [3.63, 3.8) is 0 Å². The minimum absolute atomic E-state index is 0.502. The third-order valence-electron chi connectivity index (χ3n) is 5.90. The molecule has 152 valence electrons. The van der Waals surface area contributed by atoms with Gasteiger partial charge in [-0.2, -0.15) is 0 Å². The van der Waals surface area contributed by atoms with Gasteiger partial charge in [0.1, 0.15) is 11.4 Å². The Morgan fingerprint density at radius 2 is 1.90 bits per heavy atom. The molecule has 0 unspecified atom stereocenters. The number of anilines is 1. The lowest BCUT2D eigenvalue weighted by molar-refractivity contribution is 0.347. The predicted octanol–water partition coefficient (Wildman–Crippen LogP) is 4.73. The van der Waals surface area contributed by atoms with E-state index in [0.29, 0.717) is 12.6 Å². The van der Waals surface area contributed by atoms with E-state index in [2.05, 4.69) is 47.4 Å². The van der Waals surface area contributed by atoms with Crippen LogP contribution in [-0.4, -0.2) is 31.4 Å². The minimum Gasteiger partial charge on any atom is -0.497 e. The Balaban J connectivity index is 1.31. The molecule has 0 atom stereocenters. The number of nitrogens with zero attached hydrogens (tertiary/aromatic N) is 2. The zero-order valence-electron chi connectivity index (χ0n) is 17.4. The SMILES string of the molecule is COc1cccc(-c2cc(CNC3CCN(c4cccc(C)c4C)CC3)on2)c1. The number of piperidine rings is 1. The van der Waals surface area contributed by atoms with Gasteiger partial charge in [-0.3, -0.25) is 0 Å². The van der Waals surface area contributed by atoms with E-state index in [1.54, 1.807) is 7.11 Å². The molecule has 0 bridgehead atoms. The predicted molar refractivity (Wildman–Crippen MR) is 116 cm³/mol. The zero-order valence-corrected chi connectivity index (χ0v) is 17.4. The summed E-state index contributed by atoms with van der Waals surface area (Å²) in [6.07, 6.45) is 2.26. The number of hydrogen-bond donors (Lipinski definition) is 1. The molecule has 0 aliphatic carbocycles. The Morgan fingerprint density at radius 1 is 1.10 bits per heavy atom. The van der Waals surface area contributed by atoms with Crippen LogP contribution in [0.15, 0.2) is 53.1 Å². The first-order valence-corrected chi connectivity index (χ1v) is 10.3. The molecule has 29 heavy (non-hydrogen) atoms. The summed E-state index contributed by atoms with van der Waals surface area (Å²) in [5, 5.41) is 7.85. The molecule has 0 radical (unpaired) electrons. The van der Waals surface area contributed by atoms with E-state index in [4.69, 9.17) is 9.26 Å². The topological polar surface area (TPSA) is 50.5 Å². The van der Waals surface area contributed by atoms with Crippen LogP contribution < -0.4 is 15.0 Å². The standard InChI is InChI=1S/C24H29N3O2/c1-17-6-4-9-24(18(17)2)27-12-10-20(11-13-27)25-16-22-15-23(26-29-22)19-7-5-8-21(14-19)28-3/h4-9,14-15,20,25H,10-13,16H2,1-3H3. The van der Waals surface area contributed by atoms with E-state index in [1.165, 1.54) is 16.8 Å². The molecule has 2 aromatic carbocycles. The fourth-order valence-electron chi connectivity index (χ4n) is 3.96. The maximum atomic E-state index is 5.54. The van der Waals surface area contributed by atoms with Crippen LogP contribution in [0.3, 0.4) is 0 Å². The second-order valence-corrected chi connectivity index (χ2v) is 7.77. The summed E-state index contributed by atoms with van der Waals surface area (Å²) >= 11 is 0. The van der Waals surface area contributed by atoms with Crippen molar-refractivity contribution in [2.24, 2.45) is 0 Å². The summed E-state index contributed by atoms with van der Waals surface area (Å²) < 4.78 is 10.8. The maximum absolute atomic E-state index is 5.54. The fraction of sp³-hybridized carbons (Fsp3) is 0.375. The molecule has 0 amide bonds. The summed E-state index contributed by atoms with van der Waals surface area (Å²) in [6.45, 7) is 7.26. The number of hydrogen-bond acceptors (Lipinski definition) is 5. The molecule has 5 nitrogen and oxygen atoms in total. The van der Waals surface area contributed by atoms with Gasteiger partial charge in [-0.1, -0.05) is 29.4 Å². The van der Waals surface area contributed by atoms with Gasteiger partial charge in [-0.05, 0) is 56.0 Å². The molecule has 1 aliphatic rings. The molecular weight excluding hydrogens is 362 g/mol. The third kappa shape index (κ3) is 4.46.